The molecule has 0 spiro atoms. The third-order valence-electron chi connectivity index (χ3n) is 2.81. The highest BCUT2D eigenvalue weighted by Crippen LogP contribution is 2.40. The number of carboxylic acids is 1. The Morgan fingerprint density at radius 1 is 1.11 bits per heavy atom. The van der Waals surface area contributed by atoms with Gasteiger partial charge in [0.2, 0.25) is 5.91 Å². The average Bonchev–Trinajstić information content (AvgIpc) is 2.10. The monoisotopic (exact) mass is 283 g/mol. The van der Waals surface area contributed by atoms with Crippen molar-refractivity contribution in [3.8, 4) is 0 Å². The second-order valence-corrected chi connectivity index (χ2v) is 5.88. The summed E-state index contributed by atoms with van der Waals surface area (Å²) in [6.07, 6.45) is -5.15. The maximum atomic E-state index is 12.6. The number of carbonyl (C=O) groups is 2. The molecule has 0 heterocycles. The zero-order valence-corrected chi connectivity index (χ0v) is 11.5. The average molecular weight is 283 g/mol. The van der Waals surface area contributed by atoms with Gasteiger partial charge in [-0.1, -0.05) is 13.8 Å². The number of carboxylic acid groups (broad SMARTS) is 1. The number of carbonyl (C=O) groups excluding carboxylic acids is 1. The van der Waals surface area contributed by atoms with E-state index in [-0.39, 0.29) is 12.8 Å². The standard InChI is InChI=1S/C12H20F3NO3/c1-10(2,12(13,14)15)7-8(17)16-11(3,4)6-5-9(18)19/h5-7H2,1-4H3,(H,16,17)(H,18,19). The lowest BCUT2D eigenvalue weighted by Crippen LogP contribution is -2.46. The molecule has 0 aromatic rings. The van der Waals surface area contributed by atoms with E-state index < -0.39 is 35.4 Å². The maximum Gasteiger partial charge on any atom is 0.394 e. The van der Waals surface area contributed by atoms with Crippen LogP contribution < -0.4 is 5.32 Å². The summed E-state index contributed by atoms with van der Waals surface area (Å²) in [5.41, 5.74) is -2.96. The minimum absolute atomic E-state index is 0.153. The van der Waals surface area contributed by atoms with E-state index in [4.69, 9.17) is 5.11 Å². The van der Waals surface area contributed by atoms with Gasteiger partial charge in [0, 0.05) is 18.4 Å². The van der Waals surface area contributed by atoms with E-state index in [2.05, 4.69) is 5.32 Å². The Morgan fingerprint density at radius 3 is 1.95 bits per heavy atom. The van der Waals surface area contributed by atoms with Crippen molar-refractivity contribution in [2.45, 2.75) is 58.7 Å². The van der Waals surface area contributed by atoms with Gasteiger partial charge in [0.05, 0.1) is 5.41 Å². The number of halogens is 3. The highest BCUT2D eigenvalue weighted by molar-refractivity contribution is 5.77. The highest BCUT2D eigenvalue weighted by atomic mass is 19.4. The van der Waals surface area contributed by atoms with Crippen molar-refractivity contribution in [1.82, 2.24) is 5.32 Å². The zero-order chi connectivity index (χ0) is 15.5. The molecule has 1 amide bonds. The molecule has 0 rings (SSSR count). The second kappa shape index (κ2) is 5.79. The number of hydrogen-bond acceptors (Lipinski definition) is 2. The molecule has 0 bridgehead atoms. The lowest BCUT2D eigenvalue weighted by Gasteiger charge is -2.30. The minimum Gasteiger partial charge on any atom is -0.481 e. The van der Waals surface area contributed by atoms with E-state index in [1.807, 2.05) is 0 Å². The van der Waals surface area contributed by atoms with Crippen LogP contribution in [0.5, 0.6) is 0 Å². The van der Waals surface area contributed by atoms with Crippen LogP contribution in [0.15, 0.2) is 0 Å². The van der Waals surface area contributed by atoms with Gasteiger partial charge < -0.3 is 10.4 Å². The molecule has 4 nitrogen and oxygen atoms in total. The Labute approximate surface area is 110 Å². The van der Waals surface area contributed by atoms with Crippen LogP contribution in [0.25, 0.3) is 0 Å². The van der Waals surface area contributed by atoms with Crippen molar-refractivity contribution >= 4 is 11.9 Å². The molecule has 112 valence electrons. The highest BCUT2D eigenvalue weighted by Gasteiger charge is 2.48. The molecule has 0 unspecified atom stereocenters. The Kier molecular flexibility index (Phi) is 5.41. The van der Waals surface area contributed by atoms with Crippen LogP contribution in [0.4, 0.5) is 13.2 Å². The molecular formula is C12H20F3NO3. The van der Waals surface area contributed by atoms with E-state index in [1.54, 1.807) is 13.8 Å². The fraction of sp³-hybridized carbons (Fsp3) is 0.833. The normalized spacial score (nSPS) is 13.2. The maximum absolute atomic E-state index is 12.6. The molecule has 0 aromatic carbocycles. The number of alkyl halides is 3. The predicted octanol–water partition coefficient (Wildman–Crippen LogP) is 2.72. The molecule has 0 aliphatic rings. The summed E-state index contributed by atoms with van der Waals surface area (Å²) in [6.45, 7) is 5.07. The van der Waals surface area contributed by atoms with Crippen molar-refractivity contribution in [3.05, 3.63) is 0 Å². The van der Waals surface area contributed by atoms with Crippen molar-refractivity contribution < 1.29 is 27.9 Å². The Hall–Kier alpha value is -1.27. The quantitative estimate of drug-likeness (QED) is 0.787. The van der Waals surface area contributed by atoms with Crippen LogP contribution in [0.1, 0.15) is 47.0 Å². The van der Waals surface area contributed by atoms with E-state index >= 15 is 0 Å². The Morgan fingerprint density at radius 2 is 1.58 bits per heavy atom. The molecule has 0 radical (unpaired) electrons. The SMILES string of the molecule is CC(C)(CCC(=O)O)NC(=O)CC(C)(C)C(F)(F)F. The first-order chi connectivity index (χ1) is 8.27. The van der Waals surface area contributed by atoms with Gasteiger partial charge in [-0.05, 0) is 20.3 Å². The largest absolute Gasteiger partial charge is 0.481 e. The Bertz CT molecular complexity index is 349. The third-order valence-corrected chi connectivity index (χ3v) is 2.81. The van der Waals surface area contributed by atoms with Gasteiger partial charge in [0.15, 0.2) is 0 Å². The summed E-state index contributed by atoms with van der Waals surface area (Å²) in [5, 5.41) is 11.0. The summed E-state index contributed by atoms with van der Waals surface area (Å²) >= 11 is 0. The van der Waals surface area contributed by atoms with Gasteiger partial charge in [-0.25, -0.2) is 0 Å². The Balaban J connectivity index is 4.50. The third kappa shape index (κ3) is 6.45. The molecule has 0 saturated carbocycles. The summed E-state index contributed by atoms with van der Waals surface area (Å²) in [5.74, 6) is -1.75. The summed E-state index contributed by atoms with van der Waals surface area (Å²) < 4.78 is 37.9. The van der Waals surface area contributed by atoms with Crippen molar-refractivity contribution in [3.63, 3.8) is 0 Å². The van der Waals surface area contributed by atoms with Gasteiger partial charge in [0.1, 0.15) is 0 Å². The first-order valence-corrected chi connectivity index (χ1v) is 5.86. The molecule has 0 saturated heterocycles. The number of rotatable bonds is 6. The van der Waals surface area contributed by atoms with Crippen LogP contribution in [0.2, 0.25) is 0 Å². The van der Waals surface area contributed by atoms with Gasteiger partial charge in [-0.15, -0.1) is 0 Å². The molecule has 0 aromatic heterocycles. The molecule has 0 aliphatic carbocycles. The van der Waals surface area contributed by atoms with Crippen LogP contribution >= 0.6 is 0 Å². The van der Waals surface area contributed by atoms with E-state index in [0.717, 1.165) is 13.8 Å². The summed E-state index contributed by atoms with van der Waals surface area (Å²) in [4.78, 5) is 22.0. The number of nitrogens with one attached hydrogen (secondary N) is 1. The smallest absolute Gasteiger partial charge is 0.394 e. The van der Waals surface area contributed by atoms with Crippen LogP contribution in [-0.2, 0) is 9.59 Å². The lowest BCUT2D eigenvalue weighted by molar-refractivity contribution is -0.214. The first-order valence-electron chi connectivity index (χ1n) is 5.86. The van der Waals surface area contributed by atoms with Crippen molar-refractivity contribution in [2.24, 2.45) is 5.41 Å². The van der Waals surface area contributed by atoms with Crippen LogP contribution in [-0.4, -0.2) is 28.7 Å². The predicted molar refractivity (Wildman–Crippen MR) is 63.5 cm³/mol. The minimum atomic E-state index is -4.46. The van der Waals surface area contributed by atoms with Crippen molar-refractivity contribution in [1.29, 1.82) is 0 Å². The molecule has 0 fully saturated rings. The fourth-order valence-electron chi connectivity index (χ4n) is 1.41. The van der Waals surface area contributed by atoms with Gasteiger partial charge in [0.25, 0.3) is 0 Å². The van der Waals surface area contributed by atoms with Gasteiger partial charge in [-0.3, -0.25) is 9.59 Å². The first kappa shape index (κ1) is 17.7. The molecule has 19 heavy (non-hydrogen) atoms. The number of amides is 1. The number of aliphatic carboxylic acids is 1. The van der Waals surface area contributed by atoms with Crippen molar-refractivity contribution in [2.75, 3.05) is 0 Å². The van der Waals surface area contributed by atoms with E-state index in [9.17, 15) is 22.8 Å². The lowest BCUT2D eigenvalue weighted by atomic mass is 9.87. The van der Waals surface area contributed by atoms with Crippen LogP contribution in [0, 0.1) is 5.41 Å². The molecule has 0 atom stereocenters. The molecule has 2 N–H and O–H groups in total. The van der Waals surface area contributed by atoms with Gasteiger partial charge >= 0.3 is 12.1 Å². The molecular weight excluding hydrogens is 263 g/mol. The van der Waals surface area contributed by atoms with Gasteiger partial charge in [-0.2, -0.15) is 13.2 Å². The van der Waals surface area contributed by atoms with Crippen LogP contribution in [0.3, 0.4) is 0 Å². The molecule has 0 aliphatic heterocycles. The zero-order valence-electron chi connectivity index (χ0n) is 11.5. The fourth-order valence-corrected chi connectivity index (χ4v) is 1.41. The summed E-state index contributed by atoms with van der Waals surface area (Å²) in [6, 6.07) is 0. The second-order valence-electron chi connectivity index (χ2n) is 5.88. The van der Waals surface area contributed by atoms with E-state index in [0.29, 0.717) is 0 Å². The number of hydrogen-bond donors (Lipinski definition) is 2. The summed E-state index contributed by atoms with van der Waals surface area (Å²) in [7, 11) is 0. The topological polar surface area (TPSA) is 66.4 Å². The van der Waals surface area contributed by atoms with E-state index in [1.165, 1.54) is 0 Å². The molecule has 7 heteroatoms.